The monoisotopic (exact) mass is 317 g/mol. The van der Waals surface area contributed by atoms with Crippen molar-refractivity contribution in [3.63, 3.8) is 0 Å². The van der Waals surface area contributed by atoms with E-state index in [0.29, 0.717) is 22.5 Å². The van der Waals surface area contributed by atoms with Crippen LogP contribution in [0.4, 0.5) is 11.5 Å². The molecule has 1 aromatic rings. The lowest BCUT2D eigenvalue weighted by molar-refractivity contribution is -0.385. The molecule has 0 aliphatic carbocycles. The van der Waals surface area contributed by atoms with Gasteiger partial charge in [-0.3, -0.25) is 10.1 Å². The Kier molecular flexibility index (Phi) is 5.49. The molecule has 0 saturated carbocycles. The van der Waals surface area contributed by atoms with Crippen LogP contribution in [-0.4, -0.2) is 29.7 Å². The summed E-state index contributed by atoms with van der Waals surface area (Å²) in [6.07, 6.45) is 2.14. The van der Waals surface area contributed by atoms with Gasteiger partial charge in [-0.15, -0.1) is 0 Å². The van der Waals surface area contributed by atoms with E-state index in [1.165, 1.54) is 6.20 Å². The molecule has 18 heavy (non-hydrogen) atoms. The van der Waals surface area contributed by atoms with Gasteiger partial charge in [-0.25, -0.2) is 4.98 Å². The van der Waals surface area contributed by atoms with Crippen molar-refractivity contribution in [2.24, 2.45) is 0 Å². The summed E-state index contributed by atoms with van der Waals surface area (Å²) in [5, 5.41) is 14.0. The fourth-order valence-corrected chi connectivity index (χ4v) is 1.93. The summed E-state index contributed by atoms with van der Waals surface area (Å²) >= 11 is 3.34. The minimum Gasteiger partial charge on any atom is -0.383 e. The zero-order chi connectivity index (χ0) is 13.7. The second-order valence-corrected chi connectivity index (χ2v) is 4.69. The van der Waals surface area contributed by atoms with Crippen LogP contribution in [0.15, 0.2) is 10.7 Å². The van der Waals surface area contributed by atoms with Crippen LogP contribution in [0.3, 0.4) is 0 Å². The first-order chi connectivity index (χ1) is 8.51. The van der Waals surface area contributed by atoms with Gasteiger partial charge < -0.3 is 10.1 Å². The molecule has 0 saturated heterocycles. The highest BCUT2D eigenvalue weighted by Gasteiger charge is 2.18. The number of anilines is 1. The van der Waals surface area contributed by atoms with E-state index in [-0.39, 0.29) is 11.7 Å². The van der Waals surface area contributed by atoms with E-state index >= 15 is 0 Å². The molecule has 100 valence electrons. The molecule has 0 fully saturated rings. The summed E-state index contributed by atoms with van der Waals surface area (Å²) in [5.74, 6) is 0.599. The number of hydrogen-bond acceptors (Lipinski definition) is 5. The van der Waals surface area contributed by atoms with Crippen molar-refractivity contribution in [2.45, 2.75) is 26.3 Å². The number of nitrogens with one attached hydrogen (secondary N) is 1. The van der Waals surface area contributed by atoms with Crippen LogP contribution in [0.2, 0.25) is 0 Å². The van der Waals surface area contributed by atoms with Gasteiger partial charge in [0.25, 0.3) is 5.69 Å². The molecule has 1 unspecified atom stereocenters. The smallest absolute Gasteiger partial charge is 0.291 e. The first-order valence-electron chi connectivity index (χ1n) is 5.56. The maximum Gasteiger partial charge on any atom is 0.291 e. The van der Waals surface area contributed by atoms with E-state index in [0.717, 1.165) is 6.42 Å². The Morgan fingerprint density at radius 3 is 2.83 bits per heavy atom. The highest BCUT2D eigenvalue weighted by Crippen LogP contribution is 2.30. The molecular formula is C11H16BrN3O3. The molecule has 0 amide bonds. The van der Waals surface area contributed by atoms with Gasteiger partial charge in [0.1, 0.15) is 12.0 Å². The molecule has 0 aromatic carbocycles. The Bertz CT molecular complexity index is 440. The summed E-state index contributed by atoms with van der Waals surface area (Å²) < 4.78 is 5.70. The maximum atomic E-state index is 10.8. The van der Waals surface area contributed by atoms with Gasteiger partial charge in [0, 0.05) is 12.7 Å². The predicted molar refractivity (Wildman–Crippen MR) is 72.9 cm³/mol. The number of aromatic nitrogens is 1. The zero-order valence-electron chi connectivity index (χ0n) is 10.6. The van der Waals surface area contributed by atoms with Crippen LogP contribution in [0, 0.1) is 17.0 Å². The first kappa shape index (κ1) is 14.8. The number of hydrogen-bond donors (Lipinski definition) is 1. The van der Waals surface area contributed by atoms with E-state index in [2.05, 4.69) is 26.2 Å². The Morgan fingerprint density at radius 2 is 2.33 bits per heavy atom. The minimum atomic E-state index is -0.441. The zero-order valence-corrected chi connectivity index (χ0v) is 12.2. The molecule has 1 rings (SSSR count). The van der Waals surface area contributed by atoms with Crippen molar-refractivity contribution in [1.29, 1.82) is 0 Å². The minimum absolute atomic E-state index is 0.00668. The molecule has 1 atom stereocenters. The lowest BCUT2D eigenvalue weighted by atomic mass is 10.2. The van der Waals surface area contributed by atoms with Crippen LogP contribution in [0.5, 0.6) is 0 Å². The standard InChI is InChI=1S/C11H16BrN3O3/c1-4-8(6-18-3)14-11-10(12)7(2)9(5-13-11)15(16)17/h5,8H,4,6H2,1-3H3,(H,13,14). The van der Waals surface area contributed by atoms with Gasteiger partial charge in [0.05, 0.1) is 22.0 Å². The molecule has 7 heteroatoms. The third-order valence-corrected chi connectivity index (χ3v) is 3.61. The van der Waals surface area contributed by atoms with Crippen molar-refractivity contribution < 1.29 is 9.66 Å². The van der Waals surface area contributed by atoms with E-state index in [1.54, 1.807) is 14.0 Å². The van der Waals surface area contributed by atoms with Crippen LogP contribution in [-0.2, 0) is 4.74 Å². The summed E-state index contributed by atoms with van der Waals surface area (Å²) in [6.45, 7) is 4.27. The molecule has 0 aliphatic heterocycles. The number of methoxy groups -OCH3 is 1. The van der Waals surface area contributed by atoms with E-state index in [9.17, 15) is 10.1 Å². The molecule has 0 spiro atoms. The Labute approximate surface area is 114 Å². The van der Waals surface area contributed by atoms with Crippen molar-refractivity contribution in [3.05, 3.63) is 26.3 Å². The van der Waals surface area contributed by atoms with Crippen molar-refractivity contribution in [3.8, 4) is 0 Å². The average molecular weight is 318 g/mol. The second kappa shape index (κ2) is 6.65. The summed E-state index contributed by atoms with van der Waals surface area (Å²) in [7, 11) is 1.63. The van der Waals surface area contributed by atoms with Crippen molar-refractivity contribution in [1.82, 2.24) is 4.98 Å². The van der Waals surface area contributed by atoms with Crippen molar-refractivity contribution in [2.75, 3.05) is 19.0 Å². The molecular weight excluding hydrogens is 302 g/mol. The highest BCUT2D eigenvalue weighted by atomic mass is 79.9. The fourth-order valence-electron chi connectivity index (χ4n) is 1.51. The van der Waals surface area contributed by atoms with Gasteiger partial charge in [0.2, 0.25) is 0 Å². The van der Waals surface area contributed by atoms with Gasteiger partial charge in [0.15, 0.2) is 0 Å². The third-order valence-electron chi connectivity index (χ3n) is 2.64. The molecule has 1 heterocycles. The summed E-state index contributed by atoms with van der Waals surface area (Å²) in [6, 6.07) is 0.125. The largest absolute Gasteiger partial charge is 0.383 e. The molecule has 0 bridgehead atoms. The van der Waals surface area contributed by atoms with Gasteiger partial charge in [-0.2, -0.15) is 0 Å². The quantitative estimate of drug-likeness (QED) is 0.644. The topological polar surface area (TPSA) is 77.3 Å². The summed E-state index contributed by atoms with van der Waals surface area (Å²) in [5.41, 5.74) is 0.567. The summed E-state index contributed by atoms with van der Waals surface area (Å²) in [4.78, 5) is 14.4. The fraction of sp³-hybridized carbons (Fsp3) is 0.545. The van der Waals surface area contributed by atoms with Gasteiger partial charge in [-0.1, -0.05) is 6.92 Å². The van der Waals surface area contributed by atoms with Crippen molar-refractivity contribution >= 4 is 27.4 Å². The molecule has 0 radical (unpaired) electrons. The van der Waals surface area contributed by atoms with Gasteiger partial charge >= 0.3 is 0 Å². The Morgan fingerprint density at radius 1 is 1.67 bits per heavy atom. The molecule has 0 aliphatic rings. The van der Waals surface area contributed by atoms with Crippen LogP contribution in [0.25, 0.3) is 0 Å². The first-order valence-corrected chi connectivity index (χ1v) is 6.35. The normalized spacial score (nSPS) is 12.2. The predicted octanol–water partition coefficient (Wildman–Crippen LogP) is 2.90. The maximum absolute atomic E-state index is 10.8. The number of nitrogens with zero attached hydrogens (tertiary/aromatic N) is 2. The highest BCUT2D eigenvalue weighted by molar-refractivity contribution is 9.10. The van der Waals surface area contributed by atoms with E-state index in [1.807, 2.05) is 6.92 Å². The third kappa shape index (κ3) is 3.39. The van der Waals surface area contributed by atoms with Gasteiger partial charge in [-0.05, 0) is 29.3 Å². The second-order valence-electron chi connectivity index (χ2n) is 3.89. The SMILES string of the molecule is CCC(COC)Nc1ncc([N+](=O)[O-])c(C)c1Br. The van der Waals surface area contributed by atoms with E-state index in [4.69, 9.17) is 4.74 Å². The molecule has 1 N–H and O–H groups in total. The lowest BCUT2D eigenvalue weighted by Gasteiger charge is -2.18. The van der Waals surface area contributed by atoms with Crippen LogP contribution in [0.1, 0.15) is 18.9 Å². The Hall–Kier alpha value is -1.21. The number of pyridine rings is 1. The molecule has 6 nitrogen and oxygen atoms in total. The Balaban J connectivity index is 2.98. The van der Waals surface area contributed by atoms with Crippen LogP contribution < -0.4 is 5.32 Å². The molecule has 1 aromatic heterocycles. The van der Waals surface area contributed by atoms with Crippen LogP contribution >= 0.6 is 15.9 Å². The van der Waals surface area contributed by atoms with E-state index < -0.39 is 4.92 Å². The number of ether oxygens (including phenoxy) is 1. The lowest BCUT2D eigenvalue weighted by Crippen LogP contribution is -2.24. The number of rotatable bonds is 6. The number of halogens is 1. The number of nitro groups is 1. The average Bonchev–Trinajstić information content (AvgIpc) is 2.33.